The summed E-state index contributed by atoms with van der Waals surface area (Å²) in [6, 6.07) is 4.90. The van der Waals surface area contributed by atoms with E-state index in [-0.39, 0.29) is 0 Å². The molecule has 2 aromatic heterocycles. The number of nitrogens with zero attached hydrogens (tertiary/aromatic N) is 3. The third kappa shape index (κ3) is 3.98. The largest absolute Gasteiger partial charge is 0.444 e. The number of rotatable bonds is 5. The number of ether oxygens (including phenoxy) is 1. The van der Waals surface area contributed by atoms with E-state index in [1.54, 1.807) is 12.3 Å². The number of pyridine rings is 1. The predicted octanol–water partition coefficient (Wildman–Crippen LogP) is 4.30. The molecule has 0 amide bonds. The van der Waals surface area contributed by atoms with Crippen molar-refractivity contribution < 1.29 is 9.15 Å². The molecule has 2 aliphatic rings. The van der Waals surface area contributed by atoms with Crippen LogP contribution < -0.4 is 5.32 Å². The molecular formula is C20H25BrN4O2. The second-order valence-corrected chi connectivity index (χ2v) is 8.22. The van der Waals surface area contributed by atoms with Crippen LogP contribution in [0.5, 0.6) is 0 Å². The second-order valence-electron chi connectivity index (χ2n) is 7.43. The van der Waals surface area contributed by atoms with Crippen molar-refractivity contribution in [1.29, 1.82) is 5.26 Å². The summed E-state index contributed by atoms with van der Waals surface area (Å²) in [4.78, 5) is 7.10. The Morgan fingerprint density at radius 3 is 2.93 bits per heavy atom. The van der Waals surface area contributed by atoms with Crippen LogP contribution in [0.4, 0.5) is 5.82 Å². The molecule has 1 saturated heterocycles. The van der Waals surface area contributed by atoms with Crippen LogP contribution in [-0.4, -0.2) is 47.8 Å². The van der Waals surface area contributed by atoms with Gasteiger partial charge in [0.25, 0.3) is 0 Å². The van der Waals surface area contributed by atoms with E-state index in [4.69, 9.17) is 14.4 Å². The van der Waals surface area contributed by atoms with Crippen molar-refractivity contribution in [2.75, 3.05) is 25.0 Å². The van der Waals surface area contributed by atoms with Crippen molar-refractivity contribution >= 4 is 32.7 Å². The fraction of sp³-hybridized carbons (Fsp3) is 0.600. The first-order chi connectivity index (χ1) is 13.2. The quantitative estimate of drug-likeness (QED) is 0.758. The molecule has 144 valence electrons. The highest BCUT2D eigenvalue weighted by atomic mass is 79.9. The number of furan rings is 1. The molecule has 1 unspecified atom stereocenters. The number of fused-ring (bicyclic) bond motifs is 1. The summed E-state index contributed by atoms with van der Waals surface area (Å²) >= 11 is 3.62. The molecule has 2 aromatic rings. The fourth-order valence-corrected chi connectivity index (χ4v) is 4.90. The van der Waals surface area contributed by atoms with Gasteiger partial charge in [-0.1, -0.05) is 0 Å². The molecule has 7 heteroatoms. The molecular weight excluding hydrogens is 408 g/mol. The van der Waals surface area contributed by atoms with Gasteiger partial charge in [-0.05, 0) is 55.0 Å². The molecule has 1 aliphatic heterocycles. The van der Waals surface area contributed by atoms with E-state index < -0.39 is 0 Å². The van der Waals surface area contributed by atoms with Crippen molar-refractivity contribution in [3.05, 3.63) is 22.5 Å². The van der Waals surface area contributed by atoms with Gasteiger partial charge in [-0.3, -0.25) is 4.90 Å². The number of aromatic nitrogens is 1. The van der Waals surface area contributed by atoms with Crippen LogP contribution in [0, 0.1) is 11.3 Å². The number of hydrogen-bond acceptors (Lipinski definition) is 6. The van der Waals surface area contributed by atoms with Crippen LogP contribution >= 0.6 is 15.9 Å². The summed E-state index contributed by atoms with van der Waals surface area (Å²) in [7, 11) is 0. The highest BCUT2D eigenvalue weighted by Gasteiger charge is 2.31. The molecule has 6 nitrogen and oxygen atoms in total. The van der Waals surface area contributed by atoms with Gasteiger partial charge in [0.1, 0.15) is 11.9 Å². The van der Waals surface area contributed by atoms with E-state index in [0.29, 0.717) is 29.5 Å². The van der Waals surface area contributed by atoms with Crippen molar-refractivity contribution in [2.45, 2.75) is 57.2 Å². The third-order valence-electron chi connectivity index (χ3n) is 5.76. The third-order valence-corrected chi connectivity index (χ3v) is 6.56. The maximum absolute atomic E-state index is 9.01. The molecule has 27 heavy (non-hydrogen) atoms. The summed E-state index contributed by atoms with van der Waals surface area (Å²) in [5, 5.41) is 13.5. The zero-order chi connectivity index (χ0) is 18.8. The molecule has 4 rings (SSSR count). The lowest BCUT2D eigenvalue weighted by molar-refractivity contribution is 0.0612. The molecule has 0 spiro atoms. The van der Waals surface area contributed by atoms with Crippen LogP contribution in [0.3, 0.4) is 0 Å². The smallest absolute Gasteiger partial charge is 0.204 e. The van der Waals surface area contributed by atoms with Crippen LogP contribution in [0.25, 0.3) is 11.0 Å². The first-order valence-corrected chi connectivity index (χ1v) is 10.6. The lowest BCUT2D eigenvalue weighted by Gasteiger charge is -2.35. The SMILES string of the molecule is CCOC1CCN(C2CCC(Nc3ncc4oc(C#N)cc4c3Br)CC2)C1. The normalized spacial score (nSPS) is 26.3. The zero-order valence-electron chi connectivity index (χ0n) is 15.6. The summed E-state index contributed by atoms with van der Waals surface area (Å²) in [5.74, 6) is 1.13. The highest BCUT2D eigenvalue weighted by molar-refractivity contribution is 9.10. The van der Waals surface area contributed by atoms with E-state index >= 15 is 0 Å². The minimum absolute atomic E-state index is 0.307. The Bertz CT molecular complexity index is 838. The number of hydrogen-bond donors (Lipinski definition) is 1. The van der Waals surface area contributed by atoms with Gasteiger partial charge in [-0.15, -0.1) is 0 Å². The number of nitriles is 1. The van der Waals surface area contributed by atoms with Crippen molar-refractivity contribution in [1.82, 2.24) is 9.88 Å². The predicted molar refractivity (Wildman–Crippen MR) is 108 cm³/mol. The maximum atomic E-state index is 9.01. The average molecular weight is 433 g/mol. The van der Waals surface area contributed by atoms with Gasteiger partial charge in [0.2, 0.25) is 5.76 Å². The molecule has 3 heterocycles. The molecule has 1 N–H and O–H groups in total. The fourth-order valence-electron chi connectivity index (χ4n) is 4.37. The van der Waals surface area contributed by atoms with Crippen LogP contribution in [0.2, 0.25) is 0 Å². The summed E-state index contributed by atoms with van der Waals surface area (Å²) < 4.78 is 12.1. The topological polar surface area (TPSA) is 74.3 Å². The average Bonchev–Trinajstić information content (AvgIpc) is 3.32. The molecule has 1 atom stereocenters. The minimum atomic E-state index is 0.307. The molecule has 0 aromatic carbocycles. The monoisotopic (exact) mass is 432 g/mol. The molecule has 1 aliphatic carbocycles. The number of anilines is 1. The van der Waals surface area contributed by atoms with Crippen molar-refractivity contribution in [3.63, 3.8) is 0 Å². The van der Waals surface area contributed by atoms with Gasteiger partial charge in [0.15, 0.2) is 5.58 Å². The molecule has 2 fully saturated rings. The van der Waals surface area contributed by atoms with E-state index in [0.717, 1.165) is 48.1 Å². The standard InChI is InChI=1S/C20H25BrN4O2/c1-2-26-15-7-8-25(12-15)14-5-3-13(4-6-14)24-20-19(21)17-9-16(10-22)27-18(17)11-23-20/h9,11,13-15H,2-8,12H2,1H3,(H,23,24). The van der Waals surface area contributed by atoms with E-state index in [9.17, 15) is 0 Å². The Morgan fingerprint density at radius 1 is 1.37 bits per heavy atom. The Kier molecular flexibility index (Phi) is 5.67. The summed E-state index contributed by atoms with van der Waals surface area (Å²) in [6.07, 6.45) is 7.97. The first-order valence-electron chi connectivity index (χ1n) is 9.78. The van der Waals surface area contributed by atoms with E-state index in [1.165, 1.54) is 19.4 Å². The number of nitrogens with one attached hydrogen (secondary N) is 1. The number of likely N-dealkylation sites (tertiary alicyclic amines) is 1. The van der Waals surface area contributed by atoms with Gasteiger partial charge < -0.3 is 14.5 Å². The van der Waals surface area contributed by atoms with Gasteiger partial charge in [0, 0.05) is 43.2 Å². The van der Waals surface area contributed by atoms with Crippen LogP contribution in [-0.2, 0) is 4.74 Å². The number of halogens is 1. The van der Waals surface area contributed by atoms with Crippen molar-refractivity contribution in [3.8, 4) is 6.07 Å². The van der Waals surface area contributed by atoms with Crippen molar-refractivity contribution in [2.24, 2.45) is 0 Å². The Balaban J connectivity index is 1.35. The molecule has 1 saturated carbocycles. The van der Waals surface area contributed by atoms with Crippen LogP contribution in [0.1, 0.15) is 44.8 Å². The Labute approximate surface area is 168 Å². The minimum Gasteiger partial charge on any atom is -0.444 e. The van der Waals surface area contributed by atoms with Crippen LogP contribution in [0.15, 0.2) is 21.2 Å². The van der Waals surface area contributed by atoms with E-state index in [2.05, 4.69) is 38.1 Å². The molecule has 0 bridgehead atoms. The van der Waals surface area contributed by atoms with Gasteiger partial charge in [-0.25, -0.2) is 4.98 Å². The lowest BCUT2D eigenvalue weighted by Crippen LogP contribution is -2.40. The lowest BCUT2D eigenvalue weighted by atomic mass is 9.90. The summed E-state index contributed by atoms with van der Waals surface area (Å²) in [5.41, 5.74) is 0.630. The maximum Gasteiger partial charge on any atom is 0.204 e. The Morgan fingerprint density at radius 2 is 2.19 bits per heavy atom. The summed E-state index contributed by atoms with van der Waals surface area (Å²) in [6.45, 7) is 5.14. The first kappa shape index (κ1) is 18.7. The van der Waals surface area contributed by atoms with E-state index in [1.807, 2.05) is 6.07 Å². The molecule has 0 radical (unpaired) electrons. The Hall–Kier alpha value is -1.62. The highest BCUT2D eigenvalue weighted by Crippen LogP contribution is 2.34. The zero-order valence-corrected chi connectivity index (χ0v) is 17.2. The van der Waals surface area contributed by atoms with Gasteiger partial charge >= 0.3 is 0 Å². The van der Waals surface area contributed by atoms with Gasteiger partial charge in [0.05, 0.1) is 16.8 Å². The second kappa shape index (κ2) is 8.17. The van der Waals surface area contributed by atoms with Gasteiger partial charge in [-0.2, -0.15) is 5.26 Å².